The number of pyridine rings is 1. The van der Waals surface area contributed by atoms with E-state index in [9.17, 15) is 18.0 Å². The number of nitrogens with zero attached hydrogens (tertiary/aromatic N) is 4. The number of thioether (sulfide) groups is 1. The standard InChI is InChI=1S/C17H20F3N5OS/c18-17(19,20)12-5-6-16(22-10-12)27-11-15(26)21-8-7-14-24-23-13-4-2-1-3-9-25(13)14/h5-6,10H,1-4,7-9,11H2,(H,21,26). The molecule has 3 heterocycles. The molecule has 2 aromatic heterocycles. The molecule has 0 radical (unpaired) electrons. The quantitative estimate of drug-likeness (QED) is 0.757. The lowest BCUT2D eigenvalue weighted by Crippen LogP contribution is -2.28. The maximum atomic E-state index is 12.5. The van der Waals surface area contributed by atoms with Gasteiger partial charge in [-0.2, -0.15) is 13.2 Å². The van der Waals surface area contributed by atoms with Crippen molar-refractivity contribution >= 4 is 17.7 Å². The molecule has 0 saturated heterocycles. The second-order valence-electron chi connectivity index (χ2n) is 6.27. The minimum atomic E-state index is -4.41. The molecule has 0 aromatic carbocycles. The van der Waals surface area contributed by atoms with Gasteiger partial charge in [-0.3, -0.25) is 4.79 Å². The number of halogens is 3. The van der Waals surface area contributed by atoms with Crippen LogP contribution in [-0.2, 0) is 30.4 Å². The van der Waals surface area contributed by atoms with E-state index in [2.05, 4.69) is 25.1 Å². The van der Waals surface area contributed by atoms with Crippen molar-refractivity contribution in [3.05, 3.63) is 35.5 Å². The van der Waals surface area contributed by atoms with Crippen molar-refractivity contribution in [3.63, 3.8) is 0 Å². The van der Waals surface area contributed by atoms with Crippen LogP contribution in [0.5, 0.6) is 0 Å². The van der Waals surface area contributed by atoms with Gasteiger partial charge in [0.15, 0.2) is 0 Å². The lowest BCUT2D eigenvalue weighted by Gasteiger charge is -2.08. The molecule has 146 valence electrons. The number of aromatic nitrogens is 4. The first-order chi connectivity index (χ1) is 12.9. The number of carbonyl (C=O) groups excluding carboxylic acids is 1. The lowest BCUT2D eigenvalue weighted by atomic mass is 10.2. The van der Waals surface area contributed by atoms with Crippen LogP contribution in [0.15, 0.2) is 23.4 Å². The molecule has 0 unspecified atom stereocenters. The number of aryl methyl sites for hydroxylation is 1. The van der Waals surface area contributed by atoms with Crippen molar-refractivity contribution in [1.82, 2.24) is 25.1 Å². The summed E-state index contributed by atoms with van der Waals surface area (Å²) in [4.78, 5) is 15.7. The molecule has 0 fully saturated rings. The van der Waals surface area contributed by atoms with Gasteiger partial charge in [-0.1, -0.05) is 18.2 Å². The second kappa shape index (κ2) is 8.73. The third-order valence-corrected chi connectivity index (χ3v) is 5.22. The molecular weight excluding hydrogens is 379 g/mol. The summed E-state index contributed by atoms with van der Waals surface area (Å²) in [6, 6.07) is 2.23. The molecule has 6 nitrogen and oxygen atoms in total. The number of amides is 1. The number of nitrogens with one attached hydrogen (secondary N) is 1. The fourth-order valence-electron chi connectivity index (χ4n) is 2.87. The van der Waals surface area contributed by atoms with Gasteiger partial charge in [0.05, 0.1) is 16.3 Å². The van der Waals surface area contributed by atoms with Gasteiger partial charge in [-0.25, -0.2) is 4.98 Å². The second-order valence-corrected chi connectivity index (χ2v) is 7.26. The van der Waals surface area contributed by atoms with E-state index in [1.165, 1.54) is 12.5 Å². The van der Waals surface area contributed by atoms with Gasteiger partial charge < -0.3 is 9.88 Å². The zero-order valence-corrected chi connectivity index (χ0v) is 15.4. The Kier molecular flexibility index (Phi) is 6.35. The number of carbonyl (C=O) groups is 1. The molecule has 0 saturated carbocycles. The highest BCUT2D eigenvalue weighted by molar-refractivity contribution is 7.99. The lowest BCUT2D eigenvalue weighted by molar-refractivity contribution is -0.137. The molecular formula is C17H20F3N5OS. The normalized spacial score (nSPS) is 14.5. The Morgan fingerprint density at radius 2 is 2.07 bits per heavy atom. The summed E-state index contributed by atoms with van der Waals surface area (Å²) in [7, 11) is 0. The van der Waals surface area contributed by atoms with Crippen LogP contribution >= 0.6 is 11.8 Å². The first-order valence-electron chi connectivity index (χ1n) is 8.77. The highest BCUT2D eigenvalue weighted by Gasteiger charge is 2.30. The van der Waals surface area contributed by atoms with Crippen molar-refractivity contribution in [1.29, 1.82) is 0 Å². The van der Waals surface area contributed by atoms with Gasteiger partial charge in [0.2, 0.25) is 5.91 Å². The fraction of sp³-hybridized carbons (Fsp3) is 0.529. The summed E-state index contributed by atoms with van der Waals surface area (Å²) in [5.74, 6) is 1.79. The largest absolute Gasteiger partial charge is 0.417 e. The SMILES string of the molecule is O=C(CSc1ccc(C(F)(F)F)cn1)NCCc1nnc2n1CCCCC2. The highest BCUT2D eigenvalue weighted by Crippen LogP contribution is 2.29. The van der Waals surface area contributed by atoms with E-state index in [0.717, 1.165) is 61.5 Å². The van der Waals surface area contributed by atoms with Crippen molar-refractivity contribution in [2.75, 3.05) is 12.3 Å². The third kappa shape index (κ3) is 5.44. The molecule has 1 aliphatic heterocycles. The minimum Gasteiger partial charge on any atom is -0.355 e. The molecule has 1 N–H and O–H groups in total. The molecule has 1 amide bonds. The Bertz CT molecular complexity index is 776. The Morgan fingerprint density at radius 1 is 1.22 bits per heavy atom. The zero-order valence-electron chi connectivity index (χ0n) is 14.6. The van der Waals surface area contributed by atoms with Gasteiger partial charge >= 0.3 is 6.18 Å². The van der Waals surface area contributed by atoms with E-state index in [0.29, 0.717) is 18.0 Å². The van der Waals surface area contributed by atoms with Gasteiger partial charge in [-0.15, -0.1) is 10.2 Å². The Balaban J connectivity index is 1.42. The van der Waals surface area contributed by atoms with Crippen molar-refractivity contribution in [2.45, 2.75) is 49.9 Å². The number of fused-ring (bicyclic) bond motifs is 1. The summed E-state index contributed by atoms with van der Waals surface area (Å²) < 4.78 is 39.6. The van der Waals surface area contributed by atoms with E-state index in [-0.39, 0.29) is 11.7 Å². The molecule has 27 heavy (non-hydrogen) atoms. The fourth-order valence-corrected chi connectivity index (χ4v) is 3.54. The topological polar surface area (TPSA) is 72.7 Å². The molecule has 0 spiro atoms. The van der Waals surface area contributed by atoms with E-state index in [4.69, 9.17) is 0 Å². The van der Waals surface area contributed by atoms with Crippen LogP contribution in [0.1, 0.15) is 36.5 Å². The molecule has 0 bridgehead atoms. The monoisotopic (exact) mass is 399 g/mol. The predicted molar refractivity (Wildman–Crippen MR) is 94.3 cm³/mol. The Labute approximate surface area is 159 Å². The first kappa shape index (κ1) is 19.7. The zero-order chi connectivity index (χ0) is 19.3. The Hall–Kier alpha value is -2.10. The first-order valence-corrected chi connectivity index (χ1v) is 9.76. The van der Waals surface area contributed by atoms with E-state index in [1.54, 1.807) is 0 Å². The molecule has 3 rings (SSSR count). The van der Waals surface area contributed by atoms with Crippen LogP contribution in [0.25, 0.3) is 0 Å². The van der Waals surface area contributed by atoms with Crippen LogP contribution in [0.3, 0.4) is 0 Å². The van der Waals surface area contributed by atoms with Crippen molar-refractivity contribution in [2.24, 2.45) is 0 Å². The molecule has 0 aliphatic carbocycles. The van der Waals surface area contributed by atoms with Gasteiger partial charge in [0.1, 0.15) is 11.6 Å². The average Bonchev–Trinajstić information content (AvgIpc) is 2.86. The van der Waals surface area contributed by atoms with Crippen LogP contribution in [-0.4, -0.2) is 38.0 Å². The number of hydrogen-bond acceptors (Lipinski definition) is 5. The maximum Gasteiger partial charge on any atom is 0.417 e. The van der Waals surface area contributed by atoms with Gasteiger partial charge in [-0.05, 0) is 25.0 Å². The highest BCUT2D eigenvalue weighted by atomic mass is 32.2. The number of rotatable bonds is 6. The summed E-state index contributed by atoms with van der Waals surface area (Å²) in [6.07, 6.45) is 1.34. The molecule has 1 aliphatic rings. The third-order valence-electron chi connectivity index (χ3n) is 4.27. The number of alkyl halides is 3. The van der Waals surface area contributed by atoms with Crippen molar-refractivity contribution < 1.29 is 18.0 Å². The molecule has 0 atom stereocenters. The van der Waals surface area contributed by atoms with Crippen molar-refractivity contribution in [3.8, 4) is 0 Å². The predicted octanol–water partition coefficient (Wildman–Crippen LogP) is 2.87. The van der Waals surface area contributed by atoms with Crippen LogP contribution in [0.4, 0.5) is 13.2 Å². The smallest absolute Gasteiger partial charge is 0.355 e. The molecule has 2 aromatic rings. The van der Waals surface area contributed by atoms with Crippen LogP contribution in [0, 0.1) is 0 Å². The maximum absolute atomic E-state index is 12.5. The van der Waals surface area contributed by atoms with Gasteiger partial charge in [0, 0.05) is 32.1 Å². The van der Waals surface area contributed by atoms with Crippen LogP contribution < -0.4 is 5.32 Å². The van der Waals surface area contributed by atoms with E-state index >= 15 is 0 Å². The Morgan fingerprint density at radius 3 is 2.81 bits per heavy atom. The van der Waals surface area contributed by atoms with Crippen LogP contribution in [0.2, 0.25) is 0 Å². The summed E-state index contributed by atoms with van der Waals surface area (Å²) in [5.41, 5.74) is -0.802. The molecule has 10 heteroatoms. The van der Waals surface area contributed by atoms with Gasteiger partial charge in [0.25, 0.3) is 0 Å². The summed E-state index contributed by atoms with van der Waals surface area (Å²) >= 11 is 1.10. The average molecular weight is 399 g/mol. The summed E-state index contributed by atoms with van der Waals surface area (Å²) in [5, 5.41) is 11.6. The summed E-state index contributed by atoms with van der Waals surface area (Å²) in [6.45, 7) is 1.36. The van der Waals surface area contributed by atoms with E-state index < -0.39 is 11.7 Å². The van der Waals surface area contributed by atoms with E-state index in [1.807, 2.05) is 0 Å². The number of hydrogen-bond donors (Lipinski definition) is 1. The minimum absolute atomic E-state index is 0.0936.